The topological polar surface area (TPSA) is 129 Å². The van der Waals surface area contributed by atoms with Crippen LogP contribution in [0.4, 0.5) is 21.9 Å². The molecule has 0 atom stereocenters. The van der Waals surface area contributed by atoms with Crippen molar-refractivity contribution in [1.82, 2.24) is 25.1 Å². The van der Waals surface area contributed by atoms with Crippen LogP contribution >= 0.6 is 0 Å². The van der Waals surface area contributed by atoms with E-state index in [4.69, 9.17) is 10.2 Å². The van der Waals surface area contributed by atoms with Gasteiger partial charge < -0.3 is 25.4 Å². The van der Waals surface area contributed by atoms with Crippen molar-refractivity contribution in [3.8, 4) is 28.8 Å². The zero-order chi connectivity index (χ0) is 26.8. The summed E-state index contributed by atoms with van der Waals surface area (Å²) in [5.41, 5.74) is 7.25. The number of fused-ring (bicyclic) bond motifs is 1. The van der Waals surface area contributed by atoms with Gasteiger partial charge in [-0.2, -0.15) is 10.4 Å². The molecule has 1 fully saturated rings. The van der Waals surface area contributed by atoms with Crippen LogP contribution in [0.5, 0.6) is 0 Å². The second kappa shape index (κ2) is 10.3. The van der Waals surface area contributed by atoms with Gasteiger partial charge in [0.25, 0.3) is 0 Å². The van der Waals surface area contributed by atoms with Gasteiger partial charge in [-0.15, -0.1) is 0 Å². The van der Waals surface area contributed by atoms with Crippen LogP contribution in [0, 0.1) is 11.3 Å². The highest BCUT2D eigenvalue weighted by Gasteiger charge is 2.16. The van der Waals surface area contributed by atoms with Crippen LogP contribution < -0.4 is 15.5 Å². The molecule has 39 heavy (non-hydrogen) atoms. The van der Waals surface area contributed by atoms with Crippen LogP contribution in [0.2, 0.25) is 0 Å². The van der Waals surface area contributed by atoms with Crippen molar-refractivity contribution in [3.05, 3.63) is 78.4 Å². The maximum Gasteiger partial charge on any atom is 0.323 e. The third-order valence-electron chi connectivity index (χ3n) is 6.86. The van der Waals surface area contributed by atoms with Crippen molar-refractivity contribution in [3.63, 3.8) is 0 Å². The summed E-state index contributed by atoms with van der Waals surface area (Å²) in [6, 6.07) is 24.2. The highest BCUT2D eigenvalue weighted by Crippen LogP contribution is 2.27. The SMILES string of the molecule is CN1CCN(c2ccc3nc(-c4cc(-c5ccc(NC(=O)Nc6cccc(C#N)c6)cc5)[nH]n4)[nH]c3c2)CC1. The summed E-state index contributed by atoms with van der Waals surface area (Å²) in [5.74, 6) is 0.707. The first-order valence-corrected chi connectivity index (χ1v) is 12.7. The second-order valence-electron chi connectivity index (χ2n) is 9.59. The smallest absolute Gasteiger partial charge is 0.323 e. The van der Waals surface area contributed by atoms with E-state index in [1.165, 1.54) is 5.69 Å². The molecule has 10 nitrogen and oxygen atoms in total. The van der Waals surface area contributed by atoms with Gasteiger partial charge in [0.2, 0.25) is 0 Å². The third-order valence-corrected chi connectivity index (χ3v) is 6.86. The fraction of sp³-hybridized carbons (Fsp3) is 0.172. The number of nitriles is 1. The Morgan fingerprint density at radius 1 is 0.949 bits per heavy atom. The molecule has 6 rings (SSSR count). The Morgan fingerprint density at radius 3 is 2.54 bits per heavy atom. The highest BCUT2D eigenvalue weighted by atomic mass is 16.2. The number of benzene rings is 3. The number of amides is 2. The van der Waals surface area contributed by atoms with E-state index in [1.54, 1.807) is 24.3 Å². The number of carbonyl (C=O) groups excluding carboxylic acids is 1. The van der Waals surface area contributed by atoms with Crippen LogP contribution in [-0.4, -0.2) is 64.3 Å². The number of rotatable bonds is 5. The second-order valence-corrected chi connectivity index (χ2v) is 9.59. The quantitative estimate of drug-likeness (QED) is 0.263. The molecule has 2 amide bonds. The van der Waals surface area contributed by atoms with E-state index >= 15 is 0 Å². The molecule has 0 spiro atoms. The number of nitrogens with zero attached hydrogens (tertiary/aromatic N) is 5. The van der Waals surface area contributed by atoms with Gasteiger partial charge in [-0.05, 0) is 67.2 Å². The van der Waals surface area contributed by atoms with Crippen LogP contribution in [0.15, 0.2) is 72.8 Å². The van der Waals surface area contributed by atoms with Gasteiger partial charge >= 0.3 is 6.03 Å². The van der Waals surface area contributed by atoms with Gasteiger partial charge in [-0.3, -0.25) is 5.10 Å². The molecule has 0 saturated carbocycles. The summed E-state index contributed by atoms with van der Waals surface area (Å²) in [5, 5.41) is 22.1. The molecule has 4 N–H and O–H groups in total. The molecule has 0 radical (unpaired) electrons. The van der Waals surface area contributed by atoms with E-state index in [0.717, 1.165) is 54.2 Å². The molecule has 5 aromatic rings. The Labute approximate surface area is 225 Å². The average Bonchev–Trinajstić information content (AvgIpc) is 3.61. The van der Waals surface area contributed by atoms with E-state index in [0.29, 0.717) is 22.8 Å². The van der Waals surface area contributed by atoms with Crippen molar-refractivity contribution in [2.75, 3.05) is 48.8 Å². The van der Waals surface area contributed by atoms with Gasteiger partial charge in [0.15, 0.2) is 5.82 Å². The number of aromatic amines is 2. The number of aromatic nitrogens is 4. The normalized spacial score (nSPS) is 13.8. The van der Waals surface area contributed by atoms with Crippen LogP contribution in [0.25, 0.3) is 33.8 Å². The van der Waals surface area contributed by atoms with E-state index < -0.39 is 0 Å². The van der Waals surface area contributed by atoms with E-state index in [9.17, 15) is 4.79 Å². The van der Waals surface area contributed by atoms with E-state index in [-0.39, 0.29) is 6.03 Å². The van der Waals surface area contributed by atoms with Crippen LogP contribution in [-0.2, 0) is 0 Å². The van der Waals surface area contributed by atoms with Gasteiger partial charge in [0, 0.05) is 43.2 Å². The number of urea groups is 1. The number of imidazole rings is 1. The Hall–Kier alpha value is -5.14. The molecule has 1 saturated heterocycles. The van der Waals surface area contributed by atoms with Gasteiger partial charge in [0.1, 0.15) is 5.69 Å². The molecule has 194 valence electrons. The molecule has 0 aliphatic carbocycles. The average molecular weight is 518 g/mol. The molecule has 2 aromatic heterocycles. The molecule has 1 aliphatic heterocycles. The first-order chi connectivity index (χ1) is 19.0. The summed E-state index contributed by atoms with van der Waals surface area (Å²) >= 11 is 0. The molecule has 10 heteroatoms. The van der Waals surface area contributed by atoms with E-state index in [2.05, 4.69) is 66.9 Å². The lowest BCUT2D eigenvalue weighted by atomic mass is 10.1. The van der Waals surface area contributed by atoms with Crippen LogP contribution in [0.1, 0.15) is 5.56 Å². The first-order valence-electron chi connectivity index (χ1n) is 12.7. The lowest BCUT2D eigenvalue weighted by molar-refractivity contribution is 0.262. The minimum atomic E-state index is -0.387. The highest BCUT2D eigenvalue weighted by molar-refractivity contribution is 6.00. The monoisotopic (exact) mass is 517 g/mol. The summed E-state index contributed by atoms with van der Waals surface area (Å²) < 4.78 is 0. The zero-order valence-corrected chi connectivity index (χ0v) is 21.4. The number of hydrogen-bond acceptors (Lipinski definition) is 6. The molecule has 3 heterocycles. The Kier molecular flexibility index (Phi) is 6.40. The van der Waals surface area contributed by atoms with E-state index in [1.807, 2.05) is 30.3 Å². The molecule has 1 aliphatic rings. The van der Waals surface area contributed by atoms with Gasteiger partial charge in [-0.25, -0.2) is 9.78 Å². The predicted molar refractivity (Wildman–Crippen MR) is 153 cm³/mol. The minimum Gasteiger partial charge on any atom is -0.369 e. The Bertz CT molecular complexity index is 1670. The molecule has 3 aromatic carbocycles. The van der Waals surface area contributed by atoms with Gasteiger partial charge in [0.05, 0.1) is 28.4 Å². The maximum atomic E-state index is 12.4. The molecule has 0 unspecified atom stereocenters. The molecule has 0 bridgehead atoms. The third kappa shape index (κ3) is 5.30. The first kappa shape index (κ1) is 24.2. The fourth-order valence-corrected chi connectivity index (χ4v) is 4.66. The van der Waals surface area contributed by atoms with Crippen molar-refractivity contribution in [1.29, 1.82) is 5.26 Å². The fourth-order valence-electron chi connectivity index (χ4n) is 4.66. The Morgan fingerprint density at radius 2 is 1.74 bits per heavy atom. The lowest BCUT2D eigenvalue weighted by Crippen LogP contribution is -2.44. The van der Waals surface area contributed by atoms with Crippen molar-refractivity contribution < 1.29 is 4.79 Å². The largest absolute Gasteiger partial charge is 0.369 e. The number of hydrogen-bond donors (Lipinski definition) is 4. The summed E-state index contributed by atoms with van der Waals surface area (Å²) in [4.78, 5) is 25.3. The number of likely N-dealkylation sites (N-methyl/N-ethyl adjacent to an activating group) is 1. The number of carbonyl (C=O) groups is 1. The Balaban J connectivity index is 1.13. The predicted octanol–water partition coefficient (Wildman–Crippen LogP) is 4.89. The minimum absolute atomic E-state index is 0.387. The molecular formula is C29H27N9O. The van der Waals surface area contributed by atoms with Crippen LogP contribution in [0.3, 0.4) is 0 Å². The van der Waals surface area contributed by atoms with Crippen molar-refractivity contribution in [2.45, 2.75) is 0 Å². The van der Waals surface area contributed by atoms with Gasteiger partial charge in [-0.1, -0.05) is 18.2 Å². The lowest BCUT2D eigenvalue weighted by Gasteiger charge is -2.34. The summed E-state index contributed by atoms with van der Waals surface area (Å²) in [7, 11) is 2.16. The van der Waals surface area contributed by atoms with Crippen molar-refractivity contribution in [2.24, 2.45) is 0 Å². The number of H-pyrrole nitrogens is 2. The molecular weight excluding hydrogens is 490 g/mol. The number of nitrogens with one attached hydrogen (secondary N) is 4. The summed E-state index contributed by atoms with van der Waals surface area (Å²) in [6.07, 6.45) is 0. The summed E-state index contributed by atoms with van der Waals surface area (Å²) in [6.45, 7) is 4.15. The maximum absolute atomic E-state index is 12.4. The number of piperazine rings is 1. The standard InChI is InChI=1S/C29H27N9O/c1-37-11-13-38(14-12-37)23-9-10-24-26(16-23)34-28(33-24)27-17-25(35-36-27)20-5-7-21(8-6-20)31-29(39)32-22-4-2-3-19(15-22)18-30/h2-10,15-17H,11-14H2,1H3,(H,33,34)(H,35,36)(H2,31,32,39). The number of anilines is 3. The zero-order valence-electron chi connectivity index (χ0n) is 21.4. The van der Waals surface area contributed by atoms with Crippen molar-refractivity contribution >= 4 is 34.1 Å².